The number of nitrogens with zero attached hydrogens (tertiary/aromatic N) is 3. The van der Waals surface area contributed by atoms with Crippen LogP contribution in [0.2, 0.25) is 0 Å². The summed E-state index contributed by atoms with van der Waals surface area (Å²) in [5, 5.41) is 10.6. The molecule has 0 unspecified atom stereocenters. The smallest absolute Gasteiger partial charge is 0.172 e. The average Bonchev–Trinajstić information content (AvgIpc) is 2.53. The SMILES string of the molecule is Cn1cnnc1C1(F)CCNCC1. The van der Waals surface area contributed by atoms with Gasteiger partial charge < -0.3 is 9.88 Å². The maximum absolute atomic E-state index is 14.2. The Morgan fingerprint density at radius 3 is 2.77 bits per heavy atom. The predicted molar refractivity (Wildman–Crippen MR) is 45.9 cm³/mol. The molecule has 1 aromatic heterocycles. The molecule has 1 aliphatic rings. The molecule has 1 fully saturated rings. The molecule has 2 rings (SSSR count). The first kappa shape index (κ1) is 8.62. The summed E-state index contributed by atoms with van der Waals surface area (Å²) in [6.45, 7) is 1.42. The van der Waals surface area contributed by atoms with Crippen LogP contribution in [0, 0.1) is 0 Å². The topological polar surface area (TPSA) is 42.7 Å². The van der Waals surface area contributed by atoms with E-state index < -0.39 is 5.67 Å². The van der Waals surface area contributed by atoms with Gasteiger partial charge in [0.15, 0.2) is 11.5 Å². The molecule has 1 aliphatic heterocycles. The van der Waals surface area contributed by atoms with Crippen molar-refractivity contribution in [2.24, 2.45) is 7.05 Å². The molecule has 0 aliphatic carbocycles. The van der Waals surface area contributed by atoms with Crippen LogP contribution in [0.15, 0.2) is 6.33 Å². The Bertz CT molecular complexity index is 290. The molecule has 0 saturated carbocycles. The van der Waals surface area contributed by atoms with E-state index in [4.69, 9.17) is 0 Å². The highest BCUT2D eigenvalue weighted by Crippen LogP contribution is 2.32. The van der Waals surface area contributed by atoms with Gasteiger partial charge in [0.25, 0.3) is 0 Å². The Hall–Kier alpha value is -0.970. The third-order valence-corrected chi connectivity index (χ3v) is 2.51. The summed E-state index contributed by atoms with van der Waals surface area (Å²) >= 11 is 0. The highest BCUT2D eigenvalue weighted by atomic mass is 19.1. The largest absolute Gasteiger partial charge is 0.318 e. The molecule has 5 heteroatoms. The van der Waals surface area contributed by atoms with Crippen LogP contribution in [0.3, 0.4) is 0 Å². The van der Waals surface area contributed by atoms with Crippen LogP contribution in [-0.4, -0.2) is 27.9 Å². The maximum atomic E-state index is 14.2. The van der Waals surface area contributed by atoms with Gasteiger partial charge in [-0.15, -0.1) is 10.2 Å². The first-order chi connectivity index (χ1) is 6.22. The molecule has 0 bridgehead atoms. The summed E-state index contributed by atoms with van der Waals surface area (Å²) in [6, 6.07) is 0. The van der Waals surface area contributed by atoms with E-state index in [0.29, 0.717) is 31.8 Å². The number of alkyl halides is 1. The summed E-state index contributed by atoms with van der Waals surface area (Å²) < 4.78 is 15.9. The third-order valence-electron chi connectivity index (χ3n) is 2.51. The van der Waals surface area contributed by atoms with Gasteiger partial charge in [-0.05, 0) is 13.1 Å². The predicted octanol–water partition coefficient (Wildman–Crippen LogP) is 0.363. The summed E-state index contributed by atoms with van der Waals surface area (Å²) in [4.78, 5) is 0. The number of aromatic nitrogens is 3. The minimum Gasteiger partial charge on any atom is -0.318 e. The van der Waals surface area contributed by atoms with E-state index in [-0.39, 0.29) is 0 Å². The van der Waals surface area contributed by atoms with E-state index in [0.717, 1.165) is 0 Å². The van der Waals surface area contributed by atoms with Crippen LogP contribution in [0.1, 0.15) is 18.7 Å². The van der Waals surface area contributed by atoms with Crippen molar-refractivity contribution in [2.75, 3.05) is 13.1 Å². The normalized spacial score (nSPS) is 21.7. The molecule has 1 N–H and O–H groups in total. The molecule has 1 saturated heterocycles. The summed E-state index contributed by atoms with van der Waals surface area (Å²) in [7, 11) is 1.78. The van der Waals surface area contributed by atoms with Crippen LogP contribution in [0.25, 0.3) is 0 Å². The quantitative estimate of drug-likeness (QED) is 0.685. The van der Waals surface area contributed by atoms with Crippen LogP contribution >= 0.6 is 0 Å². The molecule has 13 heavy (non-hydrogen) atoms. The number of hydrogen-bond acceptors (Lipinski definition) is 3. The summed E-state index contributed by atoms with van der Waals surface area (Å²) in [5.41, 5.74) is -1.28. The fourth-order valence-corrected chi connectivity index (χ4v) is 1.74. The molecule has 0 radical (unpaired) electrons. The number of hydrogen-bond donors (Lipinski definition) is 1. The van der Waals surface area contributed by atoms with E-state index in [1.165, 1.54) is 0 Å². The lowest BCUT2D eigenvalue weighted by Gasteiger charge is -2.28. The fourth-order valence-electron chi connectivity index (χ4n) is 1.74. The lowest BCUT2D eigenvalue weighted by atomic mass is 9.93. The van der Waals surface area contributed by atoms with Crippen molar-refractivity contribution in [3.05, 3.63) is 12.2 Å². The lowest BCUT2D eigenvalue weighted by Crippen LogP contribution is -2.38. The number of rotatable bonds is 1. The zero-order valence-corrected chi connectivity index (χ0v) is 7.63. The summed E-state index contributed by atoms with van der Waals surface area (Å²) in [5.74, 6) is 0.453. The van der Waals surface area contributed by atoms with Crippen molar-refractivity contribution in [1.29, 1.82) is 0 Å². The van der Waals surface area contributed by atoms with E-state index in [1.807, 2.05) is 0 Å². The van der Waals surface area contributed by atoms with Crippen molar-refractivity contribution in [2.45, 2.75) is 18.5 Å². The Morgan fingerprint density at radius 2 is 2.23 bits per heavy atom. The second-order valence-electron chi connectivity index (χ2n) is 3.48. The molecule has 0 amide bonds. The molecule has 4 nitrogen and oxygen atoms in total. The molecular formula is C8H13FN4. The fraction of sp³-hybridized carbons (Fsp3) is 0.750. The molecule has 72 valence electrons. The standard InChI is InChI=1S/C8H13FN4/c1-13-6-11-12-7(13)8(9)2-4-10-5-3-8/h6,10H,2-5H2,1H3. The van der Waals surface area contributed by atoms with Crippen molar-refractivity contribution in [1.82, 2.24) is 20.1 Å². The van der Waals surface area contributed by atoms with Crippen molar-refractivity contribution >= 4 is 0 Å². The zero-order chi connectivity index (χ0) is 9.31. The first-order valence-corrected chi connectivity index (χ1v) is 4.46. The number of nitrogens with one attached hydrogen (secondary N) is 1. The Kier molecular flexibility index (Phi) is 2.03. The zero-order valence-electron chi connectivity index (χ0n) is 7.63. The third kappa shape index (κ3) is 1.44. The minimum absolute atomic E-state index is 0.453. The highest BCUT2D eigenvalue weighted by Gasteiger charge is 2.37. The molecule has 2 heterocycles. The molecular weight excluding hydrogens is 171 g/mol. The Morgan fingerprint density at radius 1 is 1.54 bits per heavy atom. The Balaban J connectivity index is 2.27. The van der Waals surface area contributed by atoms with Crippen LogP contribution in [-0.2, 0) is 12.7 Å². The van der Waals surface area contributed by atoms with E-state index in [1.54, 1.807) is 17.9 Å². The van der Waals surface area contributed by atoms with Gasteiger partial charge in [0.05, 0.1) is 0 Å². The van der Waals surface area contributed by atoms with Crippen molar-refractivity contribution in [3.8, 4) is 0 Å². The monoisotopic (exact) mass is 184 g/mol. The van der Waals surface area contributed by atoms with Gasteiger partial charge in [-0.2, -0.15) is 0 Å². The second-order valence-corrected chi connectivity index (χ2v) is 3.48. The van der Waals surface area contributed by atoms with Gasteiger partial charge in [-0.25, -0.2) is 4.39 Å². The summed E-state index contributed by atoms with van der Waals surface area (Å²) in [6.07, 6.45) is 2.51. The van der Waals surface area contributed by atoms with Gasteiger partial charge in [-0.1, -0.05) is 0 Å². The lowest BCUT2D eigenvalue weighted by molar-refractivity contribution is 0.100. The van der Waals surface area contributed by atoms with E-state index in [2.05, 4.69) is 15.5 Å². The molecule has 0 aromatic carbocycles. The minimum atomic E-state index is -1.28. The van der Waals surface area contributed by atoms with Gasteiger partial charge in [-0.3, -0.25) is 0 Å². The average molecular weight is 184 g/mol. The molecule has 0 spiro atoms. The second kappa shape index (κ2) is 3.06. The highest BCUT2D eigenvalue weighted by molar-refractivity contribution is 5.03. The van der Waals surface area contributed by atoms with E-state index >= 15 is 0 Å². The van der Waals surface area contributed by atoms with Crippen molar-refractivity contribution < 1.29 is 4.39 Å². The van der Waals surface area contributed by atoms with Gasteiger partial charge in [0.2, 0.25) is 0 Å². The van der Waals surface area contributed by atoms with Crippen LogP contribution in [0.4, 0.5) is 4.39 Å². The van der Waals surface area contributed by atoms with Gasteiger partial charge in [0, 0.05) is 19.9 Å². The Labute approximate surface area is 76.2 Å². The molecule has 0 atom stereocenters. The van der Waals surface area contributed by atoms with Crippen LogP contribution < -0.4 is 5.32 Å². The number of piperidine rings is 1. The van der Waals surface area contributed by atoms with Gasteiger partial charge in [0.1, 0.15) is 6.33 Å². The first-order valence-electron chi connectivity index (χ1n) is 4.46. The van der Waals surface area contributed by atoms with Crippen LogP contribution in [0.5, 0.6) is 0 Å². The van der Waals surface area contributed by atoms with E-state index in [9.17, 15) is 4.39 Å². The van der Waals surface area contributed by atoms with Gasteiger partial charge >= 0.3 is 0 Å². The number of aryl methyl sites for hydroxylation is 1. The maximum Gasteiger partial charge on any atom is 0.172 e. The van der Waals surface area contributed by atoms with Crippen molar-refractivity contribution in [3.63, 3.8) is 0 Å². The molecule has 1 aromatic rings. The number of halogens is 1.